The Hall–Kier alpha value is -4.67. The van der Waals surface area contributed by atoms with Gasteiger partial charge in [-0.05, 0) is 38.5 Å². The number of aromatic nitrogens is 4. The molecule has 0 aliphatic carbocycles. The molecular formula is C24H22F3N5O6. The van der Waals surface area contributed by atoms with Gasteiger partial charge in [0, 0.05) is 17.8 Å². The number of hydrogen-bond donors (Lipinski definition) is 1. The van der Waals surface area contributed by atoms with Crippen molar-refractivity contribution in [2.75, 3.05) is 6.61 Å². The second kappa shape index (κ2) is 11.2. The second-order valence-electron chi connectivity index (χ2n) is 8.64. The summed E-state index contributed by atoms with van der Waals surface area (Å²) < 4.78 is 54.0. The van der Waals surface area contributed by atoms with Gasteiger partial charge in [-0.2, -0.15) is 18.4 Å². The normalized spacial score (nSPS) is 12.3. The summed E-state index contributed by atoms with van der Waals surface area (Å²) in [6.45, 7) is 3.63. The summed E-state index contributed by atoms with van der Waals surface area (Å²) in [7, 11) is 0. The number of halogens is 3. The van der Waals surface area contributed by atoms with Crippen LogP contribution in [0.4, 0.5) is 18.0 Å². The molecule has 14 heteroatoms. The Morgan fingerprint density at radius 1 is 1.18 bits per heavy atom. The molecule has 0 aliphatic rings. The molecule has 1 unspecified atom stereocenters. The van der Waals surface area contributed by atoms with Crippen LogP contribution in [0.25, 0.3) is 11.3 Å². The van der Waals surface area contributed by atoms with E-state index in [-0.39, 0.29) is 23.9 Å². The third-order valence-corrected chi connectivity index (χ3v) is 5.11. The molecule has 0 bridgehead atoms. The van der Waals surface area contributed by atoms with Gasteiger partial charge < -0.3 is 19.3 Å². The van der Waals surface area contributed by atoms with Gasteiger partial charge in [-0.3, -0.25) is 4.79 Å². The largest absolute Gasteiger partial charge is 0.510 e. The number of ether oxygens (including phenoxy) is 3. The fourth-order valence-corrected chi connectivity index (χ4v) is 2.91. The quantitative estimate of drug-likeness (QED) is 0.387. The fourth-order valence-electron chi connectivity index (χ4n) is 2.91. The molecule has 0 amide bonds. The molecule has 38 heavy (non-hydrogen) atoms. The average molecular weight is 533 g/mol. The van der Waals surface area contributed by atoms with Crippen LogP contribution in [0.1, 0.15) is 43.8 Å². The molecule has 2 aromatic heterocycles. The number of alkyl halides is 3. The Kier molecular flexibility index (Phi) is 8.20. The van der Waals surface area contributed by atoms with Crippen LogP contribution in [0.5, 0.6) is 5.88 Å². The summed E-state index contributed by atoms with van der Waals surface area (Å²) in [6.07, 6.45) is -5.79. The highest BCUT2D eigenvalue weighted by molar-refractivity contribution is 5.74. The molecule has 200 valence electrons. The zero-order valence-corrected chi connectivity index (χ0v) is 20.4. The van der Waals surface area contributed by atoms with Crippen LogP contribution in [0.3, 0.4) is 0 Å². The standard InChI is InChI=1S/C24H22F3N5O6/c1-14(38-22(35)37-13-23(2,3)21(33)34)32-30-18(11-28)20(31-32)16-6-4-5-15(9-16)12-36-19-10-17(7-8-29-19)24(25,26)27/h4-10,14H,12-13H2,1-3H3,(H,33,34). The Labute approximate surface area is 214 Å². The van der Waals surface area contributed by atoms with Gasteiger partial charge in [-0.1, -0.05) is 18.2 Å². The smallest absolute Gasteiger partial charge is 0.481 e. The Morgan fingerprint density at radius 3 is 2.58 bits per heavy atom. The number of aliphatic carboxylic acids is 1. The Balaban J connectivity index is 1.71. The summed E-state index contributed by atoms with van der Waals surface area (Å²) in [6, 6.07) is 10.1. The minimum atomic E-state index is -4.53. The molecule has 3 rings (SSSR count). The maximum absolute atomic E-state index is 12.9. The van der Waals surface area contributed by atoms with Crippen LogP contribution in [0.2, 0.25) is 0 Å². The molecule has 0 aliphatic heterocycles. The number of carbonyl (C=O) groups is 2. The van der Waals surface area contributed by atoms with Crippen LogP contribution in [-0.4, -0.2) is 43.8 Å². The third kappa shape index (κ3) is 6.96. The molecule has 0 spiro atoms. The van der Waals surface area contributed by atoms with E-state index in [1.54, 1.807) is 24.3 Å². The predicted octanol–water partition coefficient (Wildman–Crippen LogP) is 4.59. The Morgan fingerprint density at radius 2 is 1.92 bits per heavy atom. The second-order valence-corrected chi connectivity index (χ2v) is 8.64. The van der Waals surface area contributed by atoms with Crippen LogP contribution < -0.4 is 4.74 Å². The SMILES string of the molecule is CC(OC(=O)OCC(C)(C)C(=O)O)n1nc(C#N)c(-c2cccc(COc3cc(C(F)(F)F)ccn3)c2)n1. The van der Waals surface area contributed by atoms with Crippen LogP contribution in [-0.2, 0) is 27.1 Å². The van der Waals surface area contributed by atoms with E-state index >= 15 is 0 Å². The van der Waals surface area contributed by atoms with Crippen LogP contribution in [0.15, 0.2) is 42.6 Å². The molecular weight excluding hydrogens is 511 g/mol. The summed E-state index contributed by atoms with van der Waals surface area (Å²) in [4.78, 5) is 27.9. The first kappa shape index (κ1) is 27.9. The summed E-state index contributed by atoms with van der Waals surface area (Å²) >= 11 is 0. The van der Waals surface area contributed by atoms with Crippen molar-refractivity contribution >= 4 is 12.1 Å². The molecule has 1 N–H and O–H groups in total. The number of carboxylic acid groups (broad SMARTS) is 1. The highest BCUT2D eigenvalue weighted by Gasteiger charge is 2.31. The lowest BCUT2D eigenvalue weighted by molar-refractivity contribution is -0.149. The number of hydrogen-bond acceptors (Lipinski definition) is 9. The van der Waals surface area contributed by atoms with Crippen molar-refractivity contribution in [3.8, 4) is 23.2 Å². The minimum absolute atomic E-state index is 0.0848. The lowest BCUT2D eigenvalue weighted by atomic mass is 9.95. The van der Waals surface area contributed by atoms with Gasteiger partial charge in [0.1, 0.15) is 25.0 Å². The number of pyridine rings is 1. The van der Waals surface area contributed by atoms with Crippen molar-refractivity contribution in [3.05, 3.63) is 59.4 Å². The number of rotatable bonds is 9. The first-order chi connectivity index (χ1) is 17.8. The number of benzene rings is 1. The van der Waals surface area contributed by atoms with Crippen molar-refractivity contribution in [1.29, 1.82) is 5.26 Å². The first-order valence-electron chi connectivity index (χ1n) is 11.0. The molecule has 0 radical (unpaired) electrons. The Bertz CT molecular complexity index is 1370. The molecule has 0 saturated carbocycles. The topological polar surface area (TPSA) is 149 Å². The van der Waals surface area contributed by atoms with Crippen LogP contribution in [0, 0.1) is 16.7 Å². The predicted molar refractivity (Wildman–Crippen MR) is 122 cm³/mol. The van der Waals surface area contributed by atoms with Crippen molar-refractivity contribution in [1.82, 2.24) is 20.0 Å². The van der Waals surface area contributed by atoms with Gasteiger partial charge in [-0.25, -0.2) is 9.78 Å². The molecule has 1 aromatic carbocycles. The van der Waals surface area contributed by atoms with E-state index in [4.69, 9.17) is 19.3 Å². The van der Waals surface area contributed by atoms with Gasteiger partial charge in [0.25, 0.3) is 0 Å². The highest BCUT2D eigenvalue weighted by Crippen LogP contribution is 2.30. The van der Waals surface area contributed by atoms with E-state index in [1.807, 2.05) is 6.07 Å². The van der Waals surface area contributed by atoms with E-state index in [9.17, 15) is 28.0 Å². The third-order valence-electron chi connectivity index (χ3n) is 5.11. The van der Waals surface area contributed by atoms with Crippen molar-refractivity contribution in [3.63, 3.8) is 0 Å². The molecule has 0 fully saturated rings. The summed E-state index contributed by atoms with van der Waals surface area (Å²) in [5.74, 6) is -1.37. The van der Waals surface area contributed by atoms with Gasteiger partial charge in [0.05, 0.1) is 11.0 Å². The van der Waals surface area contributed by atoms with Gasteiger partial charge in [-0.15, -0.1) is 15.0 Å². The van der Waals surface area contributed by atoms with Crippen molar-refractivity contribution < 1.29 is 42.1 Å². The van der Waals surface area contributed by atoms with Crippen LogP contribution >= 0.6 is 0 Å². The molecule has 0 saturated heterocycles. The van der Waals surface area contributed by atoms with Crippen molar-refractivity contribution in [2.45, 2.75) is 39.8 Å². The van der Waals surface area contributed by atoms with E-state index in [2.05, 4.69) is 15.2 Å². The van der Waals surface area contributed by atoms with Gasteiger partial charge in [0.2, 0.25) is 12.1 Å². The number of carboxylic acids is 1. The zero-order valence-electron chi connectivity index (χ0n) is 20.4. The van der Waals surface area contributed by atoms with E-state index in [0.29, 0.717) is 11.1 Å². The maximum Gasteiger partial charge on any atom is 0.510 e. The molecule has 3 aromatic rings. The fraction of sp³-hybridized carbons (Fsp3) is 0.333. The highest BCUT2D eigenvalue weighted by atomic mass is 19.4. The monoisotopic (exact) mass is 533 g/mol. The summed E-state index contributed by atoms with van der Waals surface area (Å²) in [5, 5.41) is 26.9. The molecule has 1 atom stereocenters. The maximum atomic E-state index is 12.9. The van der Waals surface area contributed by atoms with E-state index in [1.165, 1.54) is 20.8 Å². The zero-order chi connectivity index (χ0) is 28.1. The first-order valence-corrected chi connectivity index (χ1v) is 11.0. The molecule has 11 nitrogen and oxygen atoms in total. The number of nitriles is 1. The lowest BCUT2D eigenvalue weighted by Gasteiger charge is -2.19. The van der Waals surface area contributed by atoms with Gasteiger partial charge >= 0.3 is 18.3 Å². The van der Waals surface area contributed by atoms with E-state index in [0.717, 1.165) is 23.1 Å². The average Bonchev–Trinajstić information content (AvgIpc) is 3.31. The van der Waals surface area contributed by atoms with E-state index < -0.39 is 42.1 Å². The molecule has 2 heterocycles. The number of carbonyl (C=O) groups excluding carboxylic acids is 1. The van der Waals surface area contributed by atoms with Gasteiger partial charge in [0.15, 0.2) is 5.69 Å². The summed E-state index contributed by atoms with van der Waals surface area (Å²) in [5.41, 5.74) is -1.14. The lowest BCUT2D eigenvalue weighted by Crippen LogP contribution is -2.31. The van der Waals surface area contributed by atoms with Crippen molar-refractivity contribution in [2.24, 2.45) is 5.41 Å². The minimum Gasteiger partial charge on any atom is -0.481 e. The number of nitrogens with zero attached hydrogens (tertiary/aromatic N) is 5.